The molecule has 2 unspecified atom stereocenters. The quantitative estimate of drug-likeness (QED) is 0.778. The lowest BCUT2D eigenvalue weighted by Crippen LogP contribution is -2.35. The Morgan fingerprint density at radius 3 is 2.87 bits per heavy atom. The summed E-state index contributed by atoms with van der Waals surface area (Å²) in [6, 6.07) is 7.49. The van der Waals surface area contributed by atoms with Gasteiger partial charge in [-0.1, -0.05) is 31.4 Å². The van der Waals surface area contributed by atoms with E-state index in [1.807, 2.05) is 24.3 Å². The first-order valence-electron chi connectivity index (χ1n) is 8.63. The maximum atomic E-state index is 12.2. The third-order valence-electron chi connectivity index (χ3n) is 4.66. The summed E-state index contributed by atoms with van der Waals surface area (Å²) in [6.45, 7) is 1.07. The molecule has 1 aromatic carbocycles. The molecule has 2 atom stereocenters. The third-order valence-corrected chi connectivity index (χ3v) is 4.66. The van der Waals surface area contributed by atoms with Gasteiger partial charge < -0.3 is 20.5 Å². The topological polar surface area (TPSA) is 70.6 Å². The molecule has 0 aromatic heterocycles. The fraction of sp³-hybridized carbons (Fsp3) is 0.611. The van der Waals surface area contributed by atoms with Gasteiger partial charge in [-0.3, -0.25) is 4.79 Å². The molecule has 1 saturated carbocycles. The molecule has 126 valence electrons. The number of rotatable bonds is 5. The van der Waals surface area contributed by atoms with Crippen molar-refractivity contribution < 1.29 is 14.6 Å². The van der Waals surface area contributed by atoms with Crippen molar-refractivity contribution in [2.45, 2.75) is 63.4 Å². The number of nitrogens with one attached hydrogen (secondary N) is 2. The van der Waals surface area contributed by atoms with Crippen LogP contribution in [0.15, 0.2) is 24.3 Å². The fourth-order valence-electron chi connectivity index (χ4n) is 3.33. The van der Waals surface area contributed by atoms with Crippen LogP contribution in [0.2, 0.25) is 0 Å². The number of benzene rings is 1. The van der Waals surface area contributed by atoms with Crippen LogP contribution in [-0.4, -0.2) is 35.8 Å². The summed E-state index contributed by atoms with van der Waals surface area (Å²) in [5.41, 5.74) is 1.86. The Morgan fingerprint density at radius 1 is 1.30 bits per heavy atom. The number of hydrogen-bond acceptors (Lipinski definition) is 4. The smallest absolute Gasteiger partial charge is 0.241 e. The summed E-state index contributed by atoms with van der Waals surface area (Å²) < 4.78 is 5.98. The SMILES string of the molecule is O=C(Nc1cccc(COC2CCCCC2)c1)C1CC(O)CN1. The van der Waals surface area contributed by atoms with Crippen molar-refractivity contribution in [2.75, 3.05) is 11.9 Å². The van der Waals surface area contributed by atoms with E-state index in [1.54, 1.807) is 0 Å². The van der Waals surface area contributed by atoms with Gasteiger partial charge in [0.25, 0.3) is 0 Å². The van der Waals surface area contributed by atoms with Gasteiger partial charge in [0.15, 0.2) is 0 Å². The molecule has 0 radical (unpaired) electrons. The second-order valence-corrected chi connectivity index (χ2v) is 6.61. The average Bonchev–Trinajstić information content (AvgIpc) is 3.01. The van der Waals surface area contributed by atoms with Gasteiger partial charge in [-0.2, -0.15) is 0 Å². The van der Waals surface area contributed by atoms with Gasteiger partial charge >= 0.3 is 0 Å². The molecule has 1 aliphatic carbocycles. The van der Waals surface area contributed by atoms with Crippen LogP contribution in [0.25, 0.3) is 0 Å². The molecule has 5 heteroatoms. The van der Waals surface area contributed by atoms with Gasteiger partial charge in [0.1, 0.15) is 0 Å². The van der Waals surface area contributed by atoms with Crippen LogP contribution in [-0.2, 0) is 16.1 Å². The van der Waals surface area contributed by atoms with E-state index in [9.17, 15) is 9.90 Å². The first-order chi connectivity index (χ1) is 11.2. The molecular weight excluding hydrogens is 292 g/mol. The minimum absolute atomic E-state index is 0.0908. The van der Waals surface area contributed by atoms with Gasteiger partial charge in [-0.15, -0.1) is 0 Å². The number of aliphatic hydroxyl groups excluding tert-OH is 1. The summed E-state index contributed by atoms with van der Waals surface area (Å²) in [4.78, 5) is 12.2. The number of ether oxygens (including phenoxy) is 1. The van der Waals surface area contributed by atoms with E-state index in [1.165, 1.54) is 19.3 Å². The monoisotopic (exact) mass is 318 g/mol. The minimum Gasteiger partial charge on any atom is -0.392 e. The predicted molar refractivity (Wildman–Crippen MR) is 89.1 cm³/mol. The number of amides is 1. The highest BCUT2D eigenvalue weighted by molar-refractivity contribution is 5.95. The van der Waals surface area contributed by atoms with Crippen molar-refractivity contribution in [3.05, 3.63) is 29.8 Å². The Kier molecular flexibility index (Phi) is 5.65. The zero-order chi connectivity index (χ0) is 16.1. The Morgan fingerprint density at radius 2 is 2.13 bits per heavy atom. The number of hydrogen-bond donors (Lipinski definition) is 3. The molecule has 3 rings (SSSR count). The lowest BCUT2D eigenvalue weighted by Gasteiger charge is -2.22. The maximum Gasteiger partial charge on any atom is 0.241 e. The number of β-amino-alcohol motifs (C(OH)–C–C–N with tert-alkyl or cyclic N) is 1. The highest BCUT2D eigenvalue weighted by atomic mass is 16.5. The first kappa shape index (κ1) is 16.4. The zero-order valence-corrected chi connectivity index (χ0v) is 13.5. The van der Waals surface area contributed by atoms with E-state index < -0.39 is 6.10 Å². The molecule has 2 fully saturated rings. The standard InChI is InChI=1S/C18H26N2O3/c21-15-10-17(19-11-15)18(22)20-14-6-4-5-13(9-14)12-23-16-7-2-1-3-8-16/h4-6,9,15-17,19,21H,1-3,7-8,10-12H2,(H,20,22). The molecule has 0 spiro atoms. The second-order valence-electron chi connectivity index (χ2n) is 6.61. The molecule has 5 nitrogen and oxygen atoms in total. The Hall–Kier alpha value is -1.43. The van der Waals surface area contributed by atoms with E-state index in [0.29, 0.717) is 25.7 Å². The van der Waals surface area contributed by atoms with Crippen molar-refractivity contribution in [1.29, 1.82) is 0 Å². The number of carbonyl (C=O) groups is 1. The summed E-state index contributed by atoms with van der Waals surface area (Å²) in [5, 5.41) is 15.4. The minimum atomic E-state index is -0.430. The van der Waals surface area contributed by atoms with Gasteiger partial charge in [0.2, 0.25) is 5.91 Å². The second kappa shape index (κ2) is 7.90. The molecule has 1 aromatic rings. The lowest BCUT2D eigenvalue weighted by molar-refractivity contribution is -0.117. The highest BCUT2D eigenvalue weighted by Crippen LogP contribution is 2.22. The molecule has 0 bridgehead atoms. The summed E-state index contributed by atoms with van der Waals surface area (Å²) in [5.74, 6) is -0.0908. The van der Waals surface area contributed by atoms with E-state index in [0.717, 1.165) is 24.1 Å². The van der Waals surface area contributed by atoms with E-state index >= 15 is 0 Å². The number of carbonyl (C=O) groups excluding carboxylic acids is 1. The maximum absolute atomic E-state index is 12.2. The largest absolute Gasteiger partial charge is 0.392 e. The van der Waals surface area contributed by atoms with E-state index in [4.69, 9.17) is 4.74 Å². The van der Waals surface area contributed by atoms with Crippen molar-refractivity contribution in [3.63, 3.8) is 0 Å². The van der Waals surface area contributed by atoms with Crippen molar-refractivity contribution in [3.8, 4) is 0 Å². The fourth-order valence-corrected chi connectivity index (χ4v) is 3.33. The lowest BCUT2D eigenvalue weighted by atomic mass is 9.98. The van der Waals surface area contributed by atoms with Gasteiger partial charge in [0.05, 0.1) is 24.9 Å². The van der Waals surface area contributed by atoms with Crippen LogP contribution >= 0.6 is 0 Å². The normalized spacial score (nSPS) is 25.4. The molecule has 1 saturated heterocycles. The van der Waals surface area contributed by atoms with Crippen LogP contribution < -0.4 is 10.6 Å². The van der Waals surface area contributed by atoms with Crippen LogP contribution in [0.3, 0.4) is 0 Å². The van der Waals surface area contributed by atoms with Crippen LogP contribution in [0.5, 0.6) is 0 Å². The molecule has 1 amide bonds. The van der Waals surface area contributed by atoms with Crippen molar-refractivity contribution in [2.24, 2.45) is 0 Å². The van der Waals surface area contributed by atoms with Crippen LogP contribution in [0, 0.1) is 0 Å². The van der Waals surface area contributed by atoms with Gasteiger partial charge in [-0.25, -0.2) is 0 Å². The number of anilines is 1. The average molecular weight is 318 g/mol. The van der Waals surface area contributed by atoms with Crippen LogP contribution in [0.4, 0.5) is 5.69 Å². The molecular formula is C18H26N2O3. The van der Waals surface area contributed by atoms with Crippen LogP contribution in [0.1, 0.15) is 44.1 Å². The first-order valence-corrected chi connectivity index (χ1v) is 8.63. The molecule has 3 N–H and O–H groups in total. The Balaban J connectivity index is 1.51. The van der Waals surface area contributed by atoms with E-state index in [-0.39, 0.29) is 11.9 Å². The van der Waals surface area contributed by atoms with Gasteiger partial charge in [0, 0.05) is 12.2 Å². The molecule has 1 heterocycles. The molecule has 1 aliphatic heterocycles. The van der Waals surface area contributed by atoms with Crippen molar-refractivity contribution in [1.82, 2.24) is 5.32 Å². The molecule has 2 aliphatic rings. The molecule has 23 heavy (non-hydrogen) atoms. The van der Waals surface area contributed by atoms with Crippen molar-refractivity contribution >= 4 is 11.6 Å². The van der Waals surface area contributed by atoms with E-state index in [2.05, 4.69) is 10.6 Å². The summed E-state index contributed by atoms with van der Waals surface area (Å²) >= 11 is 0. The summed E-state index contributed by atoms with van der Waals surface area (Å²) in [7, 11) is 0. The summed E-state index contributed by atoms with van der Waals surface area (Å²) in [6.07, 6.45) is 6.59. The predicted octanol–water partition coefficient (Wildman–Crippen LogP) is 2.20. The highest BCUT2D eigenvalue weighted by Gasteiger charge is 2.27. The Labute approximate surface area is 137 Å². The van der Waals surface area contributed by atoms with Gasteiger partial charge in [-0.05, 0) is 37.0 Å². The zero-order valence-electron chi connectivity index (χ0n) is 13.5. The Bertz CT molecular complexity index is 529. The number of aliphatic hydroxyl groups is 1. The third kappa shape index (κ3) is 4.77.